The molecule has 0 bridgehead atoms. The summed E-state index contributed by atoms with van der Waals surface area (Å²) in [7, 11) is 0. The molecular weight excluding hydrogens is 116 g/mol. The molecular formula is C6H4N2O. The van der Waals surface area contributed by atoms with Gasteiger partial charge in [-0.05, 0) is 6.08 Å². The Morgan fingerprint density at radius 2 is 2.56 bits per heavy atom. The first-order valence-electron chi connectivity index (χ1n) is 2.49. The molecule has 1 heterocycles. The molecule has 1 aliphatic rings. The molecule has 3 nitrogen and oxygen atoms in total. The number of carbonyl (C=O) groups is 1. The number of carbonyl (C=O) groups excluding carboxylic acids is 1. The van der Waals surface area contributed by atoms with Crippen molar-refractivity contribution in [3.05, 3.63) is 11.6 Å². The molecule has 0 unspecified atom stereocenters. The molecule has 0 fully saturated rings. The summed E-state index contributed by atoms with van der Waals surface area (Å²) in [6.45, 7) is 0. The maximum atomic E-state index is 10.4. The molecule has 0 radical (unpaired) electrons. The summed E-state index contributed by atoms with van der Waals surface area (Å²) in [6, 6.07) is 1.88. The van der Waals surface area contributed by atoms with Crippen molar-refractivity contribution in [1.82, 2.24) is 0 Å². The van der Waals surface area contributed by atoms with Gasteiger partial charge in [0.2, 0.25) is 0 Å². The predicted molar refractivity (Wildman–Crippen MR) is 31.8 cm³/mol. The lowest BCUT2D eigenvalue weighted by Crippen LogP contribution is -1.99. The van der Waals surface area contributed by atoms with E-state index in [0.717, 1.165) is 0 Å². The zero-order valence-electron chi connectivity index (χ0n) is 4.66. The number of nitrogens with zero attached hydrogens (tertiary/aromatic N) is 2. The Kier molecular flexibility index (Phi) is 1.41. The van der Waals surface area contributed by atoms with Gasteiger partial charge in [-0.15, -0.1) is 0 Å². The van der Waals surface area contributed by atoms with Crippen LogP contribution in [-0.2, 0) is 4.79 Å². The second-order valence-corrected chi connectivity index (χ2v) is 1.65. The monoisotopic (exact) mass is 120 g/mol. The van der Waals surface area contributed by atoms with Gasteiger partial charge < -0.3 is 0 Å². The lowest BCUT2D eigenvalue weighted by molar-refractivity contribution is -0.117. The van der Waals surface area contributed by atoms with E-state index in [-0.39, 0.29) is 12.3 Å². The standard InChI is InChI=1S/C6H4N2O/c7-4-5-1-2-8-6(9)3-5/h1-2H,3H2. The van der Waals surface area contributed by atoms with Crippen molar-refractivity contribution in [2.75, 3.05) is 0 Å². The highest BCUT2D eigenvalue weighted by atomic mass is 16.1. The first-order valence-corrected chi connectivity index (χ1v) is 2.49. The number of rotatable bonds is 0. The molecule has 44 valence electrons. The van der Waals surface area contributed by atoms with Gasteiger partial charge in [0.05, 0.1) is 12.5 Å². The molecule has 0 spiro atoms. The van der Waals surface area contributed by atoms with Gasteiger partial charge in [0, 0.05) is 11.8 Å². The van der Waals surface area contributed by atoms with Crippen molar-refractivity contribution in [3.63, 3.8) is 0 Å². The predicted octanol–water partition coefficient (Wildman–Crippen LogP) is 0.437. The molecule has 9 heavy (non-hydrogen) atoms. The molecule has 0 saturated heterocycles. The van der Waals surface area contributed by atoms with Crippen LogP contribution < -0.4 is 0 Å². The molecule has 0 aromatic rings. The largest absolute Gasteiger partial charge is 0.272 e. The van der Waals surface area contributed by atoms with Crippen LogP contribution in [0.4, 0.5) is 0 Å². The molecule has 0 aromatic heterocycles. The number of aliphatic imine (C=N–C) groups is 1. The average molecular weight is 120 g/mol. The molecule has 3 heteroatoms. The highest BCUT2D eigenvalue weighted by Gasteiger charge is 2.05. The van der Waals surface area contributed by atoms with Gasteiger partial charge in [0.15, 0.2) is 0 Å². The zero-order chi connectivity index (χ0) is 6.69. The fraction of sp³-hybridized carbons (Fsp3) is 0.167. The summed E-state index contributed by atoms with van der Waals surface area (Å²) in [5, 5.41) is 8.28. The minimum absolute atomic E-state index is 0.160. The van der Waals surface area contributed by atoms with Crippen molar-refractivity contribution in [1.29, 1.82) is 5.26 Å². The number of nitriles is 1. The lowest BCUT2D eigenvalue weighted by Gasteiger charge is -1.95. The van der Waals surface area contributed by atoms with E-state index in [9.17, 15) is 4.79 Å². The highest BCUT2D eigenvalue weighted by Crippen LogP contribution is 2.03. The van der Waals surface area contributed by atoms with Crippen LogP contribution in [0.1, 0.15) is 6.42 Å². The van der Waals surface area contributed by atoms with Gasteiger partial charge in [-0.25, -0.2) is 4.99 Å². The Morgan fingerprint density at radius 3 is 3.00 bits per heavy atom. The summed E-state index contributed by atoms with van der Waals surface area (Å²) < 4.78 is 0. The van der Waals surface area contributed by atoms with Crippen LogP contribution in [0.5, 0.6) is 0 Å². The molecule has 0 N–H and O–H groups in total. The molecule has 1 amide bonds. The van der Waals surface area contributed by atoms with Gasteiger partial charge in [-0.1, -0.05) is 0 Å². The van der Waals surface area contributed by atoms with Crippen LogP contribution in [0.15, 0.2) is 16.6 Å². The summed E-state index contributed by atoms with van der Waals surface area (Å²) in [4.78, 5) is 13.9. The number of amides is 1. The second-order valence-electron chi connectivity index (χ2n) is 1.65. The van der Waals surface area contributed by atoms with E-state index in [2.05, 4.69) is 4.99 Å². The van der Waals surface area contributed by atoms with Crippen LogP contribution in [0.3, 0.4) is 0 Å². The topological polar surface area (TPSA) is 53.2 Å². The Bertz CT molecular complexity index is 232. The van der Waals surface area contributed by atoms with E-state index in [1.807, 2.05) is 6.07 Å². The summed E-state index contributed by atoms with van der Waals surface area (Å²) in [5.41, 5.74) is 0.481. The van der Waals surface area contributed by atoms with Gasteiger partial charge >= 0.3 is 0 Å². The van der Waals surface area contributed by atoms with Crippen molar-refractivity contribution in [2.24, 2.45) is 4.99 Å². The fourth-order valence-corrected chi connectivity index (χ4v) is 0.555. The van der Waals surface area contributed by atoms with Crippen LogP contribution in [0.2, 0.25) is 0 Å². The molecule has 1 rings (SSSR count). The SMILES string of the molecule is N#CC1=CC=NC(=O)C1. The summed E-state index contributed by atoms with van der Waals surface area (Å²) in [5.74, 6) is -0.242. The second kappa shape index (κ2) is 2.23. The Labute approximate surface area is 52.3 Å². The molecule has 0 atom stereocenters. The van der Waals surface area contributed by atoms with Gasteiger partial charge in [-0.2, -0.15) is 5.26 Å². The van der Waals surface area contributed by atoms with E-state index in [1.165, 1.54) is 6.21 Å². The smallest absolute Gasteiger partial charge is 0.250 e. The first-order chi connectivity index (χ1) is 4.33. The molecule has 1 aliphatic heterocycles. The maximum Gasteiger partial charge on any atom is 0.250 e. The molecule has 0 saturated carbocycles. The Balaban J connectivity index is 2.80. The zero-order valence-corrected chi connectivity index (χ0v) is 4.66. The van der Waals surface area contributed by atoms with Gasteiger partial charge in [0.25, 0.3) is 5.91 Å². The van der Waals surface area contributed by atoms with E-state index in [1.54, 1.807) is 6.08 Å². The lowest BCUT2D eigenvalue weighted by atomic mass is 10.2. The van der Waals surface area contributed by atoms with Crippen LogP contribution in [0, 0.1) is 11.3 Å². The van der Waals surface area contributed by atoms with E-state index in [0.29, 0.717) is 5.57 Å². The third kappa shape index (κ3) is 1.23. The third-order valence-electron chi connectivity index (χ3n) is 0.980. The third-order valence-corrected chi connectivity index (χ3v) is 0.980. The van der Waals surface area contributed by atoms with Crippen molar-refractivity contribution in [2.45, 2.75) is 6.42 Å². The van der Waals surface area contributed by atoms with Gasteiger partial charge in [0.1, 0.15) is 0 Å². The summed E-state index contributed by atoms with van der Waals surface area (Å²) >= 11 is 0. The number of dihydropyridines is 1. The quantitative estimate of drug-likeness (QED) is 0.465. The van der Waals surface area contributed by atoms with Crippen LogP contribution >= 0.6 is 0 Å². The summed E-state index contributed by atoms with van der Waals surface area (Å²) in [6.07, 6.45) is 3.05. The van der Waals surface area contributed by atoms with E-state index in [4.69, 9.17) is 5.26 Å². The highest BCUT2D eigenvalue weighted by molar-refractivity contribution is 5.94. The van der Waals surface area contributed by atoms with Crippen molar-refractivity contribution in [3.8, 4) is 6.07 Å². The Morgan fingerprint density at radius 1 is 1.78 bits per heavy atom. The average Bonchev–Trinajstić information content (AvgIpc) is 1.88. The Hall–Kier alpha value is -1.43. The minimum Gasteiger partial charge on any atom is -0.272 e. The van der Waals surface area contributed by atoms with Crippen LogP contribution in [-0.4, -0.2) is 12.1 Å². The van der Waals surface area contributed by atoms with Crippen molar-refractivity contribution >= 4 is 12.1 Å². The number of allylic oxidation sites excluding steroid dienone is 1. The fourth-order valence-electron chi connectivity index (χ4n) is 0.555. The first kappa shape index (κ1) is 5.70. The van der Waals surface area contributed by atoms with E-state index >= 15 is 0 Å². The van der Waals surface area contributed by atoms with E-state index < -0.39 is 0 Å². The van der Waals surface area contributed by atoms with Crippen LogP contribution in [0.25, 0.3) is 0 Å². The van der Waals surface area contributed by atoms with Gasteiger partial charge in [-0.3, -0.25) is 4.79 Å². The molecule has 0 aromatic carbocycles. The maximum absolute atomic E-state index is 10.4. The normalized spacial score (nSPS) is 16.8. The minimum atomic E-state index is -0.242. The molecule has 0 aliphatic carbocycles. The number of hydrogen-bond acceptors (Lipinski definition) is 2. The van der Waals surface area contributed by atoms with Crippen molar-refractivity contribution < 1.29 is 4.79 Å². The number of hydrogen-bond donors (Lipinski definition) is 0.